The monoisotopic (exact) mass is 326 g/mol. The Morgan fingerprint density at radius 2 is 2.21 bits per heavy atom. The Hall–Kier alpha value is -0.910. The summed E-state index contributed by atoms with van der Waals surface area (Å²) in [6.45, 7) is 3.20. The standard InChI is InChI=1S/C14H19BrN2O2/c1-10(13-3-2-8-19-13)16-9-14(18)17-12-6-4-11(15)5-7-12/h4-7,10,13,16H,2-3,8-9H2,1H3,(H,17,18). The maximum atomic E-state index is 11.8. The average Bonchev–Trinajstić information content (AvgIpc) is 2.93. The highest BCUT2D eigenvalue weighted by molar-refractivity contribution is 9.10. The predicted octanol–water partition coefficient (Wildman–Crippen LogP) is 2.54. The maximum absolute atomic E-state index is 11.8. The smallest absolute Gasteiger partial charge is 0.238 e. The Labute approximate surface area is 122 Å². The molecule has 0 radical (unpaired) electrons. The number of carbonyl (C=O) groups is 1. The molecule has 2 rings (SSSR count). The van der Waals surface area contributed by atoms with Crippen LogP contribution >= 0.6 is 15.9 Å². The molecular weight excluding hydrogens is 308 g/mol. The van der Waals surface area contributed by atoms with Crippen LogP contribution in [0.25, 0.3) is 0 Å². The first kappa shape index (κ1) is 14.5. The lowest BCUT2D eigenvalue weighted by Crippen LogP contribution is -2.41. The van der Waals surface area contributed by atoms with E-state index >= 15 is 0 Å². The van der Waals surface area contributed by atoms with Crippen molar-refractivity contribution >= 4 is 27.5 Å². The van der Waals surface area contributed by atoms with Gasteiger partial charge < -0.3 is 15.4 Å². The summed E-state index contributed by atoms with van der Waals surface area (Å²) in [5.74, 6) is -0.0350. The zero-order valence-corrected chi connectivity index (χ0v) is 12.6. The Morgan fingerprint density at radius 1 is 1.47 bits per heavy atom. The number of nitrogens with one attached hydrogen (secondary N) is 2. The Balaban J connectivity index is 1.73. The van der Waals surface area contributed by atoms with Gasteiger partial charge in [0.2, 0.25) is 5.91 Å². The summed E-state index contributed by atoms with van der Waals surface area (Å²) in [5, 5.41) is 6.06. The van der Waals surface area contributed by atoms with Crippen molar-refractivity contribution in [3.05, 3.63) is 28.7 Å². The molecule has 2 N–H and O–H groups in total. The summed E-state index contributed by atoms with van der Waals surface area (Å²) in [5.41, 5.74) is 0.805. The minimum Gasteiger partial charge on any atom is -0.377 e. The summed E-state index contributed by atoms with van der Waals surface area (Å²) >= 11 is 3.36. The fourth-order valence-corrected chi connectivity index (χ4v) is 2.38. The van der Waals surface area contributed by atoms with E-state index in [2.05, 4.69) is 33.5 Å². The number of rotatable bonds is 5. The van der Waals surface area contributed by atoms with Crippen molar-refractivity contribution in [2.45, 2.75) is 31.9 Å². The van der Waals surface area contributed by atoms with Crippen LogP contribution in [0.3, 0.4) is 0 Å². The van der Waals surface area contributed by atoms with Gasteiger partial charge in [-0.2, -0.15) is 0 Å². The van der Waals surface area contributed by atoms with Crippen molar-refractivity contribution in [3.63, 3.8) is 0 Å². The molecule has 104 valence electrons. The van der Waals surface area contributed by atoms with Crippen molar-refractivity contribution in [3.8, 4) is 0 Å². The molecule has 5 heteroatoms. The summed E-state index contributed by atoms with van der Waals surface area (Å²) in [7, 11) is 0. The molecule has 19 heavy (non-hydrogen) atoms. The fraction of sp³-hybridized carbons (Fsp3) is 0.500. The van der Waals surface area contributed by atoms with Crippen LogP contribution in [0.2, 0.25) is 0 Å². The summed E-state index contributed by atoms with van der Waals surface area (Å²) < 4.78 is 6.58. The highest BCUT2D eigenvalue weighted by atomic mass is 79.9. The van der Waals surface area contributed by atoms with Crippen LogP contribution in [0.4, 0.5) is 5.69 Å². The highest BCUT2D eigenvalue weighted by Crippen LogP contribution is 2.15. The van der Waals surface area contributed by atoms with E-state index in [1.165, 1.54) is 0 Å². The molecule has 0 aromatic heterocycles. The number of benzene rings is 1. The van der Waals surface area contributed by atoms with E-state index in [9.17, 15) is 4.79 Å². The minimum absolute atomic E-state index is 0.0350. The fourth-order valence-electron chi connectivity index (χ4n) is 2.12. The lowest BCUT2D eigenvalue weighted by Gasteiger charge is -2.19. The lowest BCUT2D eigenvalue weighted by molar-refractivity contribution is -0.115. The molecule has 2 atom stereocenters. The molecule has 2 unspecified atom stereocenters. The van der Waals surface area contributed by atoms with E-state index in [1.54, 1.807) is 0 Å². The van der Waals surface area contributed by atoms with Gasteiger partial charge in [-0.3, -0.25) is 4.79 Å². The van der Waals surface area contributed by atoms with Gasteiger partial charge in [-0.05, 0) is 44.0 Å². The molecule has 1 fully saturated rings. The Morgan fingerprint density at radius 3 is 2.84 bits per heavy atom. The maximum Gasteiger partial charge on any atom is 0.238 e. The normalized spacial score (nSPS) is 20.2. The molecule has 0 aliphatic carbocycles. The number of hydrogen-bond acceptors (Lipinski definition) is 3. The van der Waals surface area contributed by atoms with Crippen LogP contribution < -0.4 is 10.6 Å². The van der Waals surface area contributed by atoms with E-state index in [0.29, 0.717) is 6.54 Å². The molecular formula is C14H19BrN2O2. The van der Waals surface area contributed by atoms with E-state index in [1.807, 2.05) is 24.3 Å². The van der Waals surface area contributed by atoms with Gasteiger partial charge in [0.15, 0.2) is 0 Å². The zero-order chi connectivity index (χ0) is 13.7. The third-order valence-corrected chi connectivity index (χ3v) is 3.76. The van der Waals surface area contributed by atoms with Crippen LogP contribution in [0.5, 0.6) is 0 Å². The van der Waals surface area contributed by atoms with E-state index < -0.39 is 0 Å². The molecule has 4 nitrogen and oxygen atoms in total. The number of amides is 1. The second-order valence-electron chi connectivity index (χ2n) is 4.78. The third-order valence-electron chi connectivity index (χ3n) is 3.24. The van der Waals surface area contributed by atoms with Crippen LogP contribution in [0, 0.1) is 0 Å². The van der Waals surface area contributed by atoms with Crippen LogP contribution in [-0.4, -0.2) is 31.2 Å². The van der Waals surface area contributed by atoms with Gasteiger partial charge in [0.25, 0.3) is 0 Å². The highest BCUT2D eigenvalue weighted by Gasteiger charge is 2.22. The van der Waals surface area contributed by atoms with Crippen molar-refractivity contribution in [1.82, 2.24) is 5.32 Å². The molecule has 1 amide bonds. The van der Waals surface area contributed by atoms with Gasteiger partial charge in [-0.25, -0.2) is 0 Å². The molecule has 1 aliphatic heterocycles. The number of hydrogen-bond donors (Lipinski definition) is 2. The Bertz CT molecular complexity index is 416. The Kier molecular flexibility index (Phi) is 5.36. The number of anilines is 1. The summed E-state index contributed by atoms with van der Waals surface area (Å²) in [6.07, 6.45) is 2.42. The van der Waals surface area contributed by atoms with Crippen LogP contribution in [0.15, 0.2) is 28.7 Å². The SMILES string of the molecule is CC(NCC(=O)Nc1ccc(Br)cc1)C1CCCO1. The summed E-state index contributed by atoms with van der Waals surface area (Å²) in [4.78, 5) is 11.8. The molecule has 1 heterocycles. The molecule has 1 aromatic rings. The predicted molar refractivity (Wildman–Crippen MR) is 79.2 cm³/mol. The van der Waals surface area contributed by atoms with Crippen molar-refractivity contribution in [2.24, 2.45) is 0 Å². The van der Waals surface area contributed by atoms with E-state index in [-0.39, 0.29) is 18.1 Å². The minimum atomic E-state index is -0.0350. The first-order valence-electron chi connectivity index (χ1n) is 6.55. The van der Waals surface area contributed by atoms with Crippen LogP contribution in [-0.2, 0) is 9.53 Å². The zero-order valence-electron chi connectivity index (χ0n) is 11.0. The van der Waals surface area contributed by atoms with Crippen molar-refractivity contribution in [1.29, 1.82) is 0 Å². The quantitative estimate of drug-likeness (QED) is 0.874. The molecule has 0 spiro atoms. The second-order valence-corrected chi connectivity index (χ2v) is 5.69. The van der Waals surface area contributed by atoms with Gasteiger partial charge >= 0.3 is 0 Å². The molecule has 1 saturated heterocycles. The number of carbonyl (C=O) groups excluding carboxylic acids is 1. The topological polar surface area (TPSA) is 50.4 Å². The van der Waals surface area contributed by atoms with E-state index in [0.717, 1.165) is 29.6 Å². The number of ether oxygens (including phenoxy) is 1. The molecule has 0 saturated carbocycles. The van der Waals surface area contributed by atoms with Crippen LogP contribution in [0.1, 0.15) is 19.8 Å². The summed E-state index contributed by atoms with van der Waals surface area (Å²) in [6, 6.07) is 7.74. The van der Waals surface area contributed by atoms with Gasteiger partial charge in [-0.15, -0.1) is 0 Å². The van der Waals surface area contributed by atoms with Gasteiger partial charge in [0, 0.05) is 22.8 Å². The second kappa shape index (κ2) is 7.03. The first-order chi connectivity index (χ1) is 9.15. The largest absolute Gasteiger partial charge is 0.377 e. The van der Waals surface area contributed by atoms with Crippen molar-refractivity contribution in [2.75, 3.05) is 18.5 Å². The third kappa shape index (κ3) is 4.60. The molecule has 1 aliphatic rings. The number of halogens is 1. The van der Waals surface area contributed by atoms with Crippen molar-refractivity contribution < 1.29 is 9.53 Å². The molecule has 1 aromatic carbocycles. The lowest BCUT2D eigenvalue weighted by atomic mass is 10.1. The molecule has 0 bridgehead atoms. The van der Waals surface area contributed by atoms with E-state index in [4.69, 9.17) is 4.74 Å². The average molecular weight is 327 g/mol. The van der Waals surface area contributed by atoms with Gasteiger partial charge in [0.05, 0.1) is 12.6 Å². The van der Waals surface area contributed by atoms with Gasteiger partial charge in [-0.1, -0.05) is 15.9 Å². The van der Waals surface area contributed by atoms with Gasteiger partial charge in [0.1, 0.15) is 0 Å². The first-order valence-corrected chi connectivity index (χ1v) is 7.35.